The summed E-state index contributed by atoms with van der Waals surface area (Å²) in [6, 6.07) is 2.10. The van der Waals surface area contributed by atoms with E-state index in [2.05, 4.69) is 33.4 Å². The molecule has 0 saturated carbocycles. The molecule has 1 nitrogen and oxygen atoms in total. The Morgan fingerprint density at radius 1 is 1.21 bits per heavy atom. The number of hydrogen-bond acceptors (Lipinski definition) is 1. The second kappa shape index (κ2) is 7.62. The Morgan fingerprint density at radius 3 is 2.36 bits per heavy atom. The lowest BCUT2D eigenvalue weighted by Gasteiger charge is -2.11. The smallest absolute Gasteiger partial charge is 0.0940 e. The van der Waals surface area contributed by atoms with Crippen molar-refractivity contribution >= 4 is 0 Å². The molecule has 14 heavy (non-hydrogen) atoms. The quantitative estimate of drug-likeness (QED) is 0.553. The van der Waals surface area contributed by atoms with Gasteiger partial charge >= 0.3 is 0 Å². The number of allylic oxidation sites excluding steroid dienone is 1. The molecule has 0 fully saturated rings. The predicted octanol–water partition coefficient (Wildman–Crippen LogP) is 4.31. The SMILES string of the molecule is C=C(C#N)CCC(C)CCCC(C)C. The Morgan fingerprint density at radius 2 is 1.86 bits per heavy atom. The van der Waals surface area contributed by atoms with Gasteiger partial charge in [0, 0.05) is 5.57 Å². The highest BCUT2D eigenvalue weighted by Gasteiger charge is 2.03. The summed E-state index contributed by atoms with van der Waals surface area (Å²) in [7, 11) is 0. The Hall–Kier alpha value is -0.770. The van der Waals surface area contributed by atoms with Crippen LogP contribution in [0.2, 0.25) is 0 Å². The number of nitrogens with zero attached hydrogens (tertiary/aromatic N) is 1. The van der Waals surface area contributed by atoms with Gasteiger partial charge in [-0.05, 0) is 24.7 Å². The summed E-state index contributed by atoms with van der Waals surface area (Å²) >= 11 is 0. The van der Waals surface area contributed by atoms with Gasteiger partial charge in [0.2, 0.25) is 0 Å². The molecular formula is C13H23N. The minimum atomic E-state index is 0.723. The molecule has 0 amide bonds. The predicted molar refractivity (Wildman–Crippen MR) is 61.8 cm³/mol. The summed E-state index contributed by atoms with van der Waals surface area (Å²) < 4.78 is 0. The molecule has 0 aliphatic rings. The lowest BCUT2D eigenvalue weighted by Crippen LogP contribution is -1.97. The third kappa shape index (κ3) is 7.86. The van der Waals surface area contributed by atoms with Crippen molar-refractivity contribution in [3.05, 3.63) is 12.2 Å². The van der Waals surface area contributed by atoms with Crippen LogP contribution in [-0.4, -0.2) is 0 Å². The van der Waals surface area contributed by atoms with Gasteiger partial charge < -0.3 is 0 Å². The summed E-state index contributed by atoms with van der Waals surface area (Å²) in [5, 5.41) is 8.55. The van der Waals surface area contributed by atoms with Gasteiger partial charge in [-0.15, -0.1) is 0 Å². The van der Waals surface area contributed by atoms with E-state index < -0.39 is 0 Å². The molecule has 80 valence electrons. The highest BCUT2D eigenvalue weighted by Crippen LogP contribution is 2.18. The van der Waals surface area contributed by atoms with Crippen LogP contribution in [0.3, 0.4) is 0 Å². The molecule has 0 aliphatic heterocycles. The summed E-state index contributed by atoms with van der Waals surface area (Å²) in [6.07, 6.45) is 5.92. The summed E-state index contributed by atoms with van der Waals surface area (Å²) in [4.78, 5) is 0. The van der Waals surface area contributed by atoms with Crippen molar-refractivity contribution in [2.75, 3.05) is 0 Å². The standard InChI is InChI=1S/C13H23N/c1-11(2)6-5-7-12(3)8-9-13(4)10-14/h11-12H,4-9H2,1-3H3. The number of rotatable bonds is 7. The van der Waals surface area contributed by atoms with Crippen LogP contribution < -0.4 is 0 Å². The first-order chi connectivity index (χ1) is 6.56. The van der Waals surface area contributed by atoms with Crippen molar-refractivity contribution in [3.63, 3.8) is 0 Å². The van der Waals surface area contributed by atoms with Gasteiger partial charge in [-0.25, -0.2) is 0 Å². The van der Waals surface area contributed by atoms with E-state index in [9.17, 15) is 0 Å². The van der Waals surface area contributed by atoms with Gasteiger partial charge in [0.05, 0.1) is 6.07 Å². The first kappa shape index (κ1) is 13.2. The molecule has 1 heteroatoms. The van der Waals surface area contributed by atoms with Crippen molar-refractivity contribution in [2.45, 2.75) is 52.9 Å². The molecule has 0 bridgehead atoms. The molecule has 0 aromatic carbocycles. The van der Waals surface area contributed by atoms with Gasteiger partial charge in [0.15, 0.2) is 0 Å². The molecule has 0 N–H and O–H groups in total. The summed E-state index contributed by atoms with van der Waals surface area (Å²) in [5.41, 5.74) is 0.723. The van der Waals surface area contributed by atoms with Crippen LogP contribution in [-0.2, 0) is 0 Å². The minimum absolute atomic E-state index is 0.723. The van der Waals surface area contributed by atoms with Crippen LogP contribution in [0.4, 0.5) is 0 Å². The third-order valence-electron chi connectivity index (χ3n) is 2.58. The Labute approximate surface area is 88.8 Å². The van der Waals surface area contributed by atoms with E-state index in [0.29, 0.717) is 0 Å². The van der Waals surface area contributed by atoms with Gasteiger partial charge in [0.1, 0.15) is 0 Å². The Balaban J connectivity index is 3.42. The maximum atomic E-state index is 8.55. The van der Waals surface area contributed by atoms with Crippen LogP contribution >= 0.6 is 0 Å². The van der Waals surface area contributed by atoms with Crippen molar-refractivity contribution in [3.8, 4) is 6.07 Å². The molecule has 0 aromatic rings. The fraction of sp³-hybridized carbons (Fsp3) is 0.769. The average molecular weight is 193 g/mol. The van der Waals surface area contributed by atoms with Crippen molar-refractivity contribution < 1.29 is 0 Å². The van der Waals surface area contributed by atoms with E-state index in [0.717, 1.165) is 30.3 Å². The van der Waals surface area contributed by atoms with E-state index in [1.807, 2.05) is 0 Å². The number of nitriles is 1. The van der Waals surface area contributed by atoms with Gasteiger partial charge in [0.25, 0.3) is 0 Å². The largest absolute Gasteiger partial charge is 0.193 e. The Bertz CT molecular complexity index is 198. The molecule has 1 atom stereocenters. The van der Waals surface area contributed by atoms with E-state index in [1.54, 1.807) is 0 Å². The zero-order chi connectivity index (χ0) is 11.0. The lowest BCUT2D eigenvalue weighted by atomic mass is 9.95. The fourth-order valence-corrected chi connectivity index (χ4v) is 1.50. The van der Waals surface area contributed by atoms with E-state index >= 15 is 0 Å². The normalized spacial score (nSPS) is 12.5. The van der Waals surface area contributed by atoms with E-state index in [4.69, 9.17) is 5.26 Å². The van der Waals surface area contributed by atoms with Crippen LogP contribution in [0.1, 0.15) is 52.9 Å². The molecule has 0 heterocycles. The van der Waals surface area contributed by atoms with E-state index in [1.165, 1.54) is 19.3 Å². The second-order valence-electron chi connectivity index (χ2n) is 4.68. The summed E-state index contributed by atoms with van der Waals surface area (Å²) in [5.74, 6) is 1.55. The van der Waals surface area contributed by atoms with Crippen LogP contribution in [0.5, 0.6) is 0 Å². The number of hydrogen-bond donors (Lipinski definition) is 0. The third-order valence-corrected chi connectivity index (χ3v) is 2.58. The maximum absolute atomic E-state index is 8.55. The molecule has 0 radical (unpaired) electrons. The highest BCUT2D eigenvalue weighted by atomic mass is 14.2. The molecule has 0 saturated heterocycles. The van der Waals surface area contributed by atoms with Gasteiger partial charge in [-0.2, -0.15) is 5.26 Å². The summed E-state index contributed by atoms with van der Waals surface area (Å²) in [6.45, 7) is 10.5. The van der Waals surface area contributed by atoms with Crippen LogP contribution in [0, 0.1) is 23.2 Å². The zero-order valence-electron chi connectivity index (χ0n) is 9.84. The molecule has 0 aromatic heterocycles. The fourth-order valence-electron chi connectivity index (χ4n) is 1.50. The van der Waals surface area contributed by atoms with Crippen molar-refractivity contribution in [1.29, 1.82) is 5.26 Å². The molecular weight excluding hydrogens is 170 g/mol. The first-order valence-electron chi connectivity index (χ1n) is 5.64. The molecule has 0 spiro atoms. The Kier molecular flexibility index (Phi) is 7.20. The molecule has 0 aliphatic carbocycles. The van der Waals surface area contributed by atoms with Crippen molar-refractivity contribution in [1.82, 2.24) is 0 Å². The average Bonchev–Trinajstić information content (AvgIpc) is 2.13. The van der Waals surface area contributed by atoms with Gasteiger partial charge in [-0.1, -0.05) is 46.6 Å². The minimum Gasteiger partial charge on any atom is -0.193 e. The lowest BCUT2D eigenvalue weighted by molar-refractivity contribution is 0.437. The first-order valence-corrected chi connectivity index (χ1v) is 5.64. The topological polar surface area (TPSA) is 23.8 Å². The second-order valence-corrected chi connectivity index (χ2v) is 4.68. The van der Waals surface area contributed by atoms with Gasteiger partial charge in [-0.3, -0.25) is 0 Å². The van der Waals surface area contributed by atoms with Crippen LogP contribution in [0.15, 0.2) is 12.2 Å². The monoisotopic (exact) mass is 193 g/mol. The van der Waals surface area contributed by atoms with E-state index in [-0.39, 0.29) is 0 Å². The van der Waals surface area contributed by atoms with Crippen LogP contribution in [0.25, 0.3) is 0 Å². The molecule has 0 rings (SSSR count). The molecule has 1 unspecified atom stereocenters. The highest BCUT2D eigenvalue weighted by molar-refractivity contribution is 5.15. The van der Waals surface area contributed by atoms with Crippen molar-refractivity contribution in [2.24, 2.45) is 11.8 Å². The zero-order valence-corrected chi connectivity index (χ0v) is 9.84. The maximum Gasteiger partial charge on any atom is 0.0940 e.